The van der Waals surface area contributed by atoms with Crippen LogP contribution < -0.4 is 10.9 Å². The SMILES string of the molecule is O=C(O)NNCCc1ccccc1. The van der Waals surface area contributed by atoms with Crippen molar-refractivity contribution in [2.45, 2.75) is 6.42 Å². The van der Waals surface area contributed by atoms with E-state index in [1.54, 1.807) is 0 Å². The zero-order chi connectivity index (χ0) is 9.52. The van der Waals surface area contributed by atoms with Crippen molar-refractivity contribution in [2.24, 2.45) is 0 Å². The van der Waals surface area contributed by atoms with Gasteiger partial charge in [0.05, 0.1) is 0 Å². The molecular weight excluding hydrogens is 168 g/mol. The van der Waals surface area contributed by atoms with Gasteiger partial charge in [0.25, 0.3) is 0 Å². The van der Waals surface area contributed by atoms with Crippen molar-refractivity contribution >= 4 is 6.09 Å². The minimum Gasteiger partial charge on any atom is -0.464 e. The monoisotopic (exact) mass is 180 g/mol. The highest BCUT2D eigenvalue weighted by molar-refractivity contribution is 5.63. The van der Waals surface area contributed by atoms with Crippen molar-refractivity contribution in [1.29, 1.82) is 0 Å². The van der Waals surface area contributed by atoms with Gasteiger partial charge in [-0.1, -0.05) is 30.3 Å². The van der Waals surface area contributed by atoms with E-state index in [2.05, 4.69) is 10.9 Å². The van der Waals surface area contributed by atoms with Gasteiger partial charge in [-0.15, -0.1) is 0 Å². The third-order valence-corrected chi connectivity index (χ3v) is 1.58. The third kappa shape index (κ3) is 4.12. The second-order valence-corrected chi connectivity index (χ2v) is 2.59. The molecule has 13 heavy (non-hydrogen) atoms. The number of hydrogen-bond acceptors (Lipinski definition) is 2. The molecule has 0 heterocycles. The summed E-state index contributed by atoms with van der Waals surface area (Å²) >= 11 is 0. The van der Waals surface area contributed by atoms with Gasteiger partial charge in [-0.2, -0.15) is 0 Å². The Morgan fingerprint density at radius 3 is 2.62 bits per heavy atom. The van der Waals surface area contributed by atoms with E-state index in [1.807, 2.05) is 30.3 Å². The van der Waals surface area contributed by atoms with Crippen molar-refractivity contribution < 1.29 is 9.90 Å². The van der Waals surface area contributed by atoms with E-state index in [0.29, 0.717) is 6.54 Å². The van der Waals surface area contributed by atoms with Gasteiger partial charge in [0.2, 0.25) is 0 Å². The molecule has 4 nitrogen and oxygen atoms in total. The smallest absolute Gasteiger partial charge is 0.419 e. The fourth-order valence-corrected chi connectivity index (χ4v) is 0.990. The lowest BCUT2D eigenvalue weighted by atomic mass is 10.2. The van der Waals surface area contributed by atoms with Crippen LogP contribution in [0.25, 0.3) is 0 Å². The van der Waals surface area contributed by atoms with Crippen LogP contribution in [0.4, 0.5) is 4.79 Å². The topological polar surface area (TPSA) is 61.4 Å². The minimum atomic E-state index is -1.06. The minimum absolute atomic E-state index is 0.594. The largest absolute Gasteiger partial charge is 0.464 e. The molecule has 1 aromatic carbocycles. The molecule has 0 bridgehead atoms. The number of carboxylic acid groups (broad SMARTS) is 1. The molecule has 4 heteroatoms. The summed E-state index contributed by atoms with van der Waals surface area (Å²) < 4.78 is 0. The van der Waals surface area contributed by atoms with Gasteiger partial charge >= 0.3 is 6.09 Å². The Morgan fingerprint density at radius 1 is 1.31 bits per heavy atom. The molecule has 0 radical (unpaired) electrons. The highest BCUT2D eigenvalue weighted by Gasteiger charge is 1.92. The number of hydrogen-bond donors (Lipinski definition) is 3. The Morgan fingerprint density at radius 2 is 2.00 bits per heavy atom. The van der Waals surface area contributed by atoms with Crippen molar-refractivity contribution in [3.05, 3.63) is 35.9 Å². The first-order chi connectivity index (χ1) is 6.29. The molecule has 1 rings (SSSR count). The quantitative estimate of drug-likeness (QED) is 0.478. The van der Waals surface area contributed by atoms with Crippen LogP contribution >= 0.6 is 0 Å². The molecule has 0 aliphatic heterocycles. The Balaban J connectivity index is 2.17. The zero-order valence-electron chi connectivity index (χ0n) is 7.16. The van der Waals surface area contributed by atoms with Crippen LogP contribution in [0.1, 0.15) is 5.56 Å². The number of carbonyl (C=O) groups is 1. The van der Waals surface area contributed by atoms with Crippen molar-refractivity contribution in [3.8, 4) is 0 Å². The van der Waals surface area contributed by atoms with Gasteiger partial charge in [-0.25, -0.2) is 10.2 Å². The summed E-state index contributed by atoms with van der Waals surface area (Å²) in [6, 6.07) is 9.87. The fourth-order valence-electron chi connectivity index (χ4n) is 0.990. The normalized spacial score (nSPS) is 9.54. The lowest BCUT2D eigenvalue weighted by Gasteiger charge is -2.03. The van der Waals surface area contributed by atoms with Gasteiger partial charge in [-0.3, -0.25) is 5.43 Å². The Labute approximate surface area is 76.6 Å². The standard InChI is InChI=1S/C9H12N2O2/c12-9(13)11-10-7-6-8-4-2-1-3-5-8/h1-5,10-11H,6-7H2,(H,12,13). The first-order valence-corrected chi connectivity index (χ1v) is 4.05. The van der Waals surface area contributed by atoms with Gasteiger partial charge in [0.1, 0.15) is 0 Å². The lowest BCUT2D eigenvalue weighted by Crippen LogP contribution is -2.37. The molecule has 0 saturated heterocycles. The molecule has 0 aliphatic carbocycles. The number of amides is 1. The summed E-state index contributed by atoms with van der Waals surface area (Å²) in [5.41, 5.74) is 5.85. The number of rotatable bonds is 4. The van der Waals surface area contributed by atoms with Crippen LogP contribution in [0, 0.1) is 0 Å². The van der Waals surface area contributed by atoms with E-state index in [-0.39, 0.29) is 0 Å². The van der Waals surface area contributed by atoms with Crippen LogP contribution in [-0.4, -0.2) is 17.7 Å². The summed E-state index contributed by atoms with van der Waals surface area (Å²) in [4.78, 5) is 10.0. The van der Waals surface area contributed by atoms with Gasteiger partial charge in [0, 0.05) is 6.54 Å². The molecule has 0 saturated carbocycles. The predicted octanol–water partition coefficient (Wildman–Crippen LogP) is 1.00. The Bertz CT molecular complexity index is 262. The highest BCUT2D eigenvalue weighted by atomic mass is 16.4. The second-order valence-electron chi connectivity index (χ2n) is 2.59. The summed E-state index contributed by atoms with van der Waals surface area (Å²) in [6.45, 7) is 0.594. The average molecular weight is 180 g/mol. The molecule has 70 valence electrons. The Hall–Kier alpha value is -1.55. The summed E-state index contributed by atoms with van der Waals surface area (Å²) in [6.07, 6.45) is -0.255. The van der Waals surface area contributed by atoms with E-state index >= 15 is 0 Å². The maximum Gasteiger partial charge on any atom is 0.419 e. The predicted molar refractivity (Wildman–Crippen MR) is 49.3 cm³/mol. The van der Waals surface area contributed by atoms with E-state index in [1.165, 1.54) is 5.56 Å². The van der Waals surface area contributed by atoms with Crippen LogP contribution in [0.3, 0.4) is 0 Å². The Kier molecular flexibility index (Phi) is 3.78. The molecule has 1 amide bonds. The van der Waals surface area contributed by atoms with Gasteiger partial charge < -0.3 is 5.11 Å². The summed E-state index contributed by atoms with van der Waals surface area (Å²) in [7, 11) is 0. The maximum absolute atomic E-state index is 10.0. The molecule has 0 atom stereocenters. The van der Waals surface area contributed by atoms with Crippen molar-refractivity contribution in [2.75, 3.05) is 6.54 Å². The first-order valence-electron chi connectivity index (χ1n) is 4.05. The number of nitrogens with one attached hydrogen (secondary N) is 2. The van der Waals surface area contributed by atoms with Crippen LogP contribution in [-0.2, 0) is 6.42 Å². The molecule has 0 fully saturated rings. The van der Waals surface area contributed by atoms with E-state index in [9.17, 15) is 4.79 Å². The highest BCUT2D eigenvalue weighted by Crippen LogP contribution is 1.97. The third-order valence-electron chi connectivity index (χ3n) is 1.58. The van der Waals surface area contributed by atoms with Crippen LogP contribution in [0.5, 0.6) is 0 Å². The molecule has 0 aliphatic rings. The first kappa shape index (κ1) is 9.54. The number of hydrazine groups is 1. The molecule has 1 aromatic rings. The zero-order valence-corrected chi connectivity index (χ0v) is 7.16. The van der Waals surface area contributed by atoms with Gasteiger partial charge in [0.15, 0.2) is 0 Å². The molecule has 3 N–H and O–H groups in total. The molecule has 0 spiro atoms. The molecule has 0 aromatic heterocycles. The van der Waals surface area contributed by atoms with Crippen LogP contribution in [0.15, 0.2) is 30.3 Å². The number of benzene rings is 1. The summed E-state index contributed by atoms with van der Waals surface area (Å²) in [5.74, 6) is 0. The molecular formula is C9H12N2O2. The van der Waals surface area contributed by atoms with Gasteiger partial charge in [-0.05, 0) is 12.0 Å². The molecule has 0 unspecified atom stereocenters. The van der Waals surface area contributed by atoms with Crippen LogP contribution in [0.2, 0.25) is 0 Å². The second kappa shape index (κ2) is 5.16. The fraction of sp³-hybridized carbons (Fsp3) is 0.222. The average Bonchev–Trinajstić information content (AvgIpc) is 2.14. The van der Waals surface area contributed by atoms with E-state index in [4.69, 9.17) is 5.11 Å². The lowest BCUT2D eigenvalue weighted by molar-refractivity contribution is 0.189. The van der Waals surface area contributed by atoms with E-state index in [0.717, 1.165) is 6.42 Å². The van der Waals surface area contributed by atoms with E-state index < -0.39 is 6.09 Å². The maximum atomic E-state index is 10.0. The summed E-state index contributed by atoms with van der Waals surface area (Å²) in [5, 5.41) is 8.24. The van der Waals surface area contributed by atoms with Crippen molar-refractivity contribution in [3.63, 3.8) is 0 Å². The van der Waals surface area contributed by atoms with Crippen molar-refractivity contribution in [1.82, 2.24) is 10.9 Å².